The number of anilines is 1. The molecule has 23 heavy (non-hydrogen) atoms. The van der Waals surface area contributed by atoms with Gasteiger partial charge in [0.2, 0.25) is 0 Å². The molecule has 2 N–H and O–H groups in total. The summed E-state index contributed by atoms with van der Waals surface area (Å²) in [5.74, 6) is 1.78. The van der Waals surface area contributed by atoms with E-state index in [1.54, 1.807) is 17.8 Å². The molecule has 1 aromatic heterocycles. The molecule has 2 aromatic rings. The second-order valence-corrected chi connectivity index (χ2v) is 6.68. The Hall–Kier alpha value is -1.94. The van der Waals surface area contributed by atoms with Crippen LogP contribution in [0.15, 0.2) is 41.9 Å². The van der Waals surface area contributed by atoms with Crippen LogP contribution >= 0.6 is 11.8 Å². The number of hydrogen-bond donors (Lipinski definition) is 1. The van der Waals surface area contributed by atoms with Crippen LogP contribution in [-0.2, 0) is 12.8 Å². The summed E-state index contributed by atoms with van der Waals surface area (Å²) < 4.78 is 5.76. The predicted molar refractivity (Wildman–Crippen MR) is 98.0 cm³/mol. The van der Waals surface area contributed by atoms with E-state index < -0.39 is 0 Å². The molecule has 0 amide bonds. The quantitative estimate of drug-likeness (QED) is 0.633. The highest BCUT2D eigenvalue weighted by atomic mass is 32.2. The average Bonchev–Trinajstić information content (AvgIpc) is 2.61. The van der Waals surface area contributed by atoms with E-state index in [0.717, 1.165) is 40.8 Å². The molecule has 4 heteroatoms. The van der Waals surface area contributed by atoms with Crippen LogP contribution in [-0.4, -0.2) is 17.3 Å². The minimum Gasteiger partial charge on any atom is -0.493 e. The summed E-state index contributed by atoms with van der Waals surface area (Å²) in [6.45, 7) is 4.51. The molecule has 0 saturated heterocycles. The Bertz CT molecular complexity index is 686. The summed E-state index contributed by atoms with van der Waals surface area (Å²) in [6, 6.07) is 9.91. The maximum Gasteiger partial charge on any atom is 0.119 e. The number of pyridine rings is 1. The lowest BCUT2D eigenvalue weighted by Gasteiger charge is -2.21. The average molecular weight is 326 g/mol. The minimum atomic E-state index is 0.666. The van der Waals surface area contributed by atoms with Gasteiger partial charge < -0.3 is 10.5 Å². The number of nitrogen functional groups attached to an aromatic ring is 1. The second kappa shape index (κ2) is 7.55. The van der Waals surface area contributed by atoms with Gasteiger partial charge in [-0.1, -0.05) is 24.8 Å². The fourth-order valence-corrected chi connectivity index (χ4v) is 3.84. The van der Waals surface area contributed by atoms with Crippen LogP contribution in [0.5, 0.6) is 5.75 Å². The van der Waals surface area contributed by atoms with Gasteiger partial charge in [0.25, 0.3) is 0 Å². The Balaban J connectivity index is 1.68. The first kappa shape index (κ1) is 15.9. The Morgan fingerprint density at radius 3 is 2.65 bits per heavy atom. The first-order valence-electron chi connectivity index (χ1n) is 8.04. The molecule has 0 aliphatic heterocycles. The molecule has 0 atom stereocenters. The molecule has 0 bridgehead atoms. The van der Waals surface area contributed by atoms with Gasteiger partial charge >= 0.3 is 0 Å². The van der Waals surface area contributed by atoms with Crippen molar-refractivity contribution in [3.8, 4) is 5.75 Å². The highest BCUT2D eigenvalue weighted by Crippen LogP contribution is 2.35. The summed E-state index contributed by atoms with van der Waals surface area (Å²) >= 11 is 1.75. The number of fused-ring (bicyclic) bond motifs is 1. The predicted octanol–water partition coefficient (Wildman–Crippen LogP) is 4.36. The lowest BCUT2D eigenvalue weighted by Crippen LogP contribution is -2.12. The zero-order valence-electron chi connectivity index (χ0n) is 13.3. The third-order valence-corrected chi connectivity index (χ3v) is 5.06. The summed E-state index contributed by atoms with van der Waals surface area (Å²) in [4.78, 5) is 4.71. The molecule has 120 valence electrons. The number of thioether (sulfide) groups is 1. The van der Waals surface area contributed by atoms with Gasteiger partial charge in [-0.2, -0.15) is 0 Å². The number of aromatic nitrogens is 1. The van der Waals surface area contributed by atoms with Crippen molar-refractivity contribution in [2.75, 3.05) is 18.1 Å². The van der Waals surface area contributed by atoms with E-state index in [2.05, 4.69) is 6.58 Å². The fraction of sp³-hybridized carbons (Fsp3) is 0.316. The topological polar surface area (TPSA) is 48.1 Å². The minimum absolute atomic E-state index is 0.666. The second-order valence-electron chi connectivity index (χ2n) is 5.59. The lowest BCUT2D eigenvalue weighted by molar-refractivity contribution is 0.344. The van der Waals surface area contributed by atoms with Crippen LogP contribution in [0.25, 0.3) is 6.08 Å². The molecule has 0 fully saturated rings. The maximum absolute atomic E-state index is 6.25. The number of benzene rings is 1. The molecule has 1 aliphatic rings. The van der Waals surface area contributed by atoms with Crippen LogP contribution in [0.2, 0.25) is 0 Å². The standard InChI is InChI=1S/C19H22N2OS/c1-2-17-18(20)15-10-6-7-11-16(15)19(21-17)23-13-12-22-14-8-4-3-5-9-14/h2-5,8-9H,1,6-7,10-13,20H2. The van der Waals surface area contributed by atoms with Crippen molar-refractivity contribution >= 4 is 23.5 Å². The maximum atomic E-state index is 6.25. The molecule has 1 heterocycles. The molecule has 3 rings (SSSR count). The van der Waals surface area contributed by atoms with E-state index >= 15 is 0 Å². The lowest BCUT2D eigenvalue weighted by atomic mass is 9.91. The van der Waals surface area contributed by atoms with Gasteiger partial charge in [0.15, 0.2) is 0 Å². The first-order valence-corrected chi connectivity index (χ1v) is 9.02. The summed E-state index contributed by atoms with van der Waals surface area (Å²) in [5.41, 5.74) is 10.5. The fourth-order valence-electron chi connectivity index (χ4n) is 2.92. The van der Waals surface area contributed by atoms with Gasteiger partial charge in [0, 0.05) is 5.75 Å². The van der Waals surface area contributed by atoms with Crippen molar-refractivity contribution in [2.24, 2.45) is 0 Å². The van der Waals surface area contributed by atoms with Gasteiger partial charge in [-0.25, -0.2) is 4.98 Å². The number of nitrogens with two attached hydrogens (primary N) is 1. The van der Waals surface area contributed by atoms with Crippen molar-refractivity contribution < 1.29 is 4.74 Å². The Kier molecular flexibility index (Phi) is 5.23. The SMILES string of the molecule is C=Cc1nc(SCCOc2ccccc2)c2c(c1N)CCCC2. The van der Waals surface area contributed by atoms with E-state index in [1.165, 1.54) is 24.0 Å². The van der Waals surface area contributed by atoms with E-state index in [0.29, 0.717) is 6.61 Å². The summed E-state index contributed by atoms with van der Waals surface area (Å²) in [5, 5.41) is 1.10. The van der Waals surface area contributed by atoms with Gasteiger partial charge in [0.05, 0.1) is 18.0 Å². The Morgan fingerprint density at radius 2 is 1.91 bits per heavy atom. The van der Waals surface area contributed by atoms with Crippen molar-refractivity contribution in [1.29, 1.82) is 0 Å². The third kappa shape index (κ3) is 3.70. The number of ether oxygens (including phenoxy) is 1. The number of nitrogens with zero attached hydrogens (tertiary/aromatic N) is 1. The number of rotatable bonds is 6. The Morgan fingerprint density at radius 1 is 1.17 bits per heavy atom. The van der Waals surface area contributed by atoms with Crippen LogP contribution in [0.1, 0.15) is 29.7 Å². The van der Waals surface area contributed by atoms with Gasteiger partial charge in [-0.15, -0.1) is 11.8 Å². The van der Waals surface area contributed by atoms with Crippen LogP contribution in [0, 0.1) is 0 Å². The molecule has 0 radical (unpaired) electrons. The largest absolute Gasteiger partial charge is 0.493 e. The summed E-state index contributed by atoms with van der Waals surface area (Å²) in [6.07, 6.45) is 6.31. The molecule has 0 unspecified atom stereocenters. The van der Waals surface area contributed by atoms with E-state index in [4.69, 9.17) is 15.5 Å². The smallest absolute Gasteiger partial charge is 0.119 e. The molecular weight excluding hydrogens is 304 g/mol. The van der Waals surface area contributed by atoms with Crippen molar-refractivity contribution in [2.45, 2.75) is 30.7 Å². The number of hydrogen-bond acceptors (Lipinski definition) is 4. The molecule has 3 nitrogen and oxygen atoms in total. The molecule has 0 spiro atoms. The van der Waals surface area contributed by atoms with Crippen molar-refractivity contribution in [3.05, 3.63) is 53.7 Å². The van der Waals surface area contributed by atoms with Gasteiger partial charge in [-0.05, 0) is 55.0 Å². The van der Waals surface area contributed by atoms with E-state index in [9.17, 15) is 0 Å². The third-order valence-electron chi connectivity index (χ3n) is 4.08. The van der Waals surface area contributed by atoms with E-state index in [1.807, 2.05) is 30.3 Å². The molecular formula is C19H22N2OS. The normalized spacial score (nSPS) is 13.4. The highest BCUT2D eigenvalue weighted by Gasteiger charge is 2.19. The Labute approximate surface area is 142 Å². The van der Waals surface area contributed by atoms with Crippen LogP contribution in [0.4, 0.5) is 5.69 Å². The van der Waals surface area contributed by atoms with Crippen molar-refractivity contribution in [1.82, 2.24) is 4.98 Å². The summed E-state index contributed by atoms with van der Waals surface area (Å²) in [7, 11) is 0. The zero-order chi connectivity index (χ0) is 16.1. The molecule has 0 saturated carbocycles. The number of para-hydroxylation sites is 1. The zero-order valence-corrected chi connectivity index (χ0v) is 14.1. The van der Waals surface area contributed by atoms with Crippen molar-refractivity contribution in [3.63, 3.8) is 0 Å². The first-order chi connectivity index (χ1) is 11.3. The highest BCUT2D eigenvalue weighted by molar-refractivity contribution is 7.99. The van der Waals surface area contributed by atoms with Gasteiger partial charge in [-0.3, -0.25) is 0 Å². The van der Waals surface area contributed by atoms with Crippen LogP contribution in [0.3, 0.4) is 0 Å². The molecule has 1 aliphatic carbocycles. The van der Waals surface area contributed by atoms with E-state index in [-0.39, 0.29) is 0 Å². The van der Waals surface area contributed by atoms with Gasteiger partial charge in [0.1, 0.15) is 10.8 Å². The van der Waals surface area contributed by atoms with Crippen LogP contribution < -0.4 is 10.5 Å². The monoisotopic (exact) mass is 326 g/mol. The molecule has 1 aromatic carbocycles.